The van der Waals surface area contributed by atoms with E-state index in [-0.39, 0.29) is 30.5 Å². The van der Waals surface area contributed by atoms with Gasteiger partial charge in [-0.3, -0.25) is 9.59 Å². The summed E-state index contributed by atoms with van der Waals surface area (Å²) in [5, 5.41) is 2.79. The van der Waals surface area contributed by atoms with Crippen molar-refractivity contribution in [1.29, 1.82) is 0 Å². The molecule has 7 heteroatoms. The standard InChI is InChI=1S/C20H19F3N2O2/c1-13-5-7-14(8-6-13)11-24-19(27)15-9-18(26)25(12-15)17-4-2-3-16(10-17)20(21,22)23/h2-8,10,15H,9,11-12H2,1H3,(H,24,27). The maximum Gasteiger partial charge on any atom is 0.416 e. The van der Waals surface area contributed by atoms with Crippen molar-refractivity contribution in [3.8, 4) is 0 Å². The van der Waals surface area contributed by atoms with Crippen LogP contribution < -0.4 is 10.2 Å². The van der Waals surface area contributed by atoms with Gasteiger partial charge in [-0.15, -0.1) is 0 Å². The number of carbonyl (C=O) groups is 2. The molecule has 142 valence electrons. The smallest absolute Gasteiger partial charge is 0.352 e. The molecule has 4 nitrogen and oxygen atoms in total. The second-order valence-corrected chi connectivity index (χ2v) is 6.66. The van der Waals surface area contributed by atoms with Crippen molar-refractivity contribution in [2.75, 3.05) is 11.4 Å². The number of hydrogen-bond acceptors (Lipinski definition) is 2. The normalized spacial score (nSPS) is 17.3. The average Bonchev–Trinajstić information content (AvgIpc) is 3.02. The molecule has 0 bridgehead atoms. The number of nitrogens with one attached hydrogen (secondary N) is 1. The molecule has 2 amide bonds. The van der Waals surface area contributed by atoms with E-state index in [1.165, 1.54) is 17.0 Å². The Hall–Kier alpha value is -2.83. The molecule has 27 heavy (non-hydrogen) atoms. The molecular weight excluding hydrogens is 357 g/mol. The second kappa shape index (κ2) is 7.42. The number of amides is 2. The van der Waals surface area contributed by atoms with Crippen molar-refractivity contribution < 1.29 is 22.8 Å². The summed E-state index contributed by atoms with van der Waals surface area (Å²) in [5.41, 5.74) is 1.39. The molecule has 1 heterocycles. The first kappa shape index (κ1) is 18.9. The van der Waals surface area contributed by atoms with Gasteiger partial charge in [-0.05, 0) is 30.7 Å². The Bertz CT molecular complexity index is 847. The third-order valence-electron chi connectivity index (χ3n) is 4.57. The van der Waals surface area contributed by atoms with E-state index >= 15 is 0 Å². The van der Waals surface area contributed by atoms with Crippen LogP contribution in [-0.4, -0.2) is 18.4 Å². The highest BCUT2D eigenvalue weighted by atomic mass is 19.4. The molecule has 1 saturated heterocycles. The fraction of sp³-hybridized carbons (Fsp3) is 0.300. The van der Waals surface area contributed by atoms with Crippen molar-refractivity contribution in [3.63, 3.8) is 0 Å². The van der Waals surface area contributed by atoms with Gasteiger partial charge in [0, 0.05) is 25.2 Å². The average molecular weight is 376 g/mol. The minimum absolute atomic E-state index is 0.0179. The number of alkyl halides is 3. The monoisotopic (exact) mass is 376 g/mol. The van der Waals surface area contributed by atoms with Crippen LogP contribution in [0.2, 0.25) is 0 Å². The number of halogens is 3. The quantitative estimate of drug-likeness (QED) is 0.885. The second-order valence-electron chi connectivity index (χ2n) is 6.66. The van der Waals surface area contributed by atoms with Crippen LogP contribution in [0.1, 0.15) is 23.1 Å². The lowest BCUT2D eigenvalue weighted by Gasteiger charge is -2.18. The summed E-state index contributed by atoms with van der Waals surface area (Å²) in [6, 6.07) is 12.3. The van der Waals surface area contributed by atoms with Crippen molar-refractivity contribution in [2.24, 2.45) is 5.92 Å². The van der Waals surface area contributed by atoms with Crippen LogP contribution in [0.4, 0.5) is 18.9 Å². The van der Waals surface area contributed by atoms with Gasteiger partial charge < -0.3 is 10.2 Å². The number of rotatable bonds is 4. The van der Waals surface area contributed by atoms with Crippen molar-refractivity contribution in [2.45, 2.75) is 26.1 Å². The zero-order valence-electron chi connectivity index (χ0n) is 14.7. The summed E-state index contributed by atoms with van der Waals surface area (Å²) < 4.78 is 38.6. The van der Waals surface area contributed by atoms with Crippen LogP contribution in [0.15, 0.2) is 48.5 Å². The molecule has 0 aliphatic carbocycles. The Labute approximate surface area is 155 Å². The lowest BCUT2D eigenvalue weighted by molar-refractivity contribution is -0.137. The summed E-state index contributed by atoms with van der Waals surface area (Å²) in [4.78, 5) is 25.8. The Morgan fingerprint density at radius 1 is 1.19 bits per heavy atom. The van der Waals surface area contributed by atoms with Gasteiger partial charge in [0.05, 0.1) is 11.5 Å². The van der Waals surface area contributed by atoms with E-state index in [2.05, 4.69) is 5.32 Å². The molecule has 3 rings (SSSR count). The predicted molar refractivity (Wildman–Crippen MR) is 94.9 cm³/mol. The lowest BCUT2D eigenvalue weighted by Crippen LogP contribution is -2.32. The van der Waals surface area contributed by atoms with Gasteiger partial charge in [0.25, 0.3) is 0 Å². The number of aryl methyl sites for hydroxylation is 1. The summed E-state index contributed by atoms with van der Waals surface area (Å²) in [6.07, 6.45) is -4.50. The molecule has 1 N–H and O–H groups in total. The van der Waals surface area contributed by atoms with Crippen LogP contribution in [-0.2, 0) is 22.3 Å². The van der Waals surface area contributed by atoms with Crippen LogP contribution in [0, 0.1) is 12.8 Å². The number of carbonyl (C=O) groups excluding carboxylic acids is 2. The first-order valence-corrected chi connectivity index (χ1v) is 8.55. The predicted octanol–water partition coefficient (Wildman–Crippen LogP) is 3.68. The highest BCUT2D eigenvalue weighted by Crippen LogP contribution is 2.33. The fourth-order valence-corrected chi connectivity index (χ4v) is 3.02. The van der Waals surface area contributed by atoms with Crippen LogP contribution >= 0.6 is 0 Å². The molecule has 0 spiro atoms. The molecule has 2 aromatic rings. The molecule has 0 saturated carbocycles. The van der Waals surface area contributed by atoms with E-state index in [0.717, 1.165) is 23.3 Å². The Kier molecular flexibility index (Phi) is 5.21. The fourth-order valence-electron chi connectivity index (χ4n) is 3.02. The van der Waals surface area contributed by atoms with Gasteiger partial charge >= 0.3 is 6.18 Å². The zero-order chi connectivity index (χ0) is 19.6. The maximum atomic E-state index is 12.9. The first-order valence-electron chi connectivity index (χ1n) is 8.55. The van der Waals surface area contributed by atoms with Crippen molar-refractivity contribution in [1.82, 2.24) is 5.32 Å². The van der Waals surface area contributed by atoms with E-state index in [1.807, 2.05) is 31.2 Å². The summed E-state index contributed by atoms with van der Waals surface area (Å²) >= 11 is 0. The third kappa shape index (κ3) is 4.48. The summed E-state index contributed by atoms with van der Waals surface area (Å²) in [6.45, 7) is 2.38. The largest absolute Gasteiger partial charge is 0.416 e. The number of hydrogen-bond donors (Lipinski definition) is 1. The van der Waals surface area contributed by atoms with Gasteiger partial charge in [-0.1, -0.05) is 35.9 Å². The molecule has 2 aromatic carbocycles. The van der Waals surface area contributed by atoms with E-state index < -0.39 is 17.7 Å². The number of benzene rings is 2. The van der Waals surface area contributed by atoms with Gasteiger partial charge in [0.1, 0.15) is 0 Å². The van der Waals surface area contributed by atoms with Crippen LogP contribution in [0.3, 0.4) is 0 Å². The maximum absolute atomic E-state index is 12.9. The summed E-state index contributed by atoms with van der Waals surface area (Å²) in [5.74, 6) is -1.22. The first-order chi connectivity index (χ1) is 12.7. The van der Waals surface area contributed by atoms with Crippen LogP contribution in [0.5, 0.6) is 0 Å². The van der Waals surface area contributed by atoms with Gasteiger partial charge in [-0.25, -0.2) is 0 Å². The molecule has 1 fully saturated rings. The number of nitrogens with zero attached hydrogens (tertiary/aromatic N) is 1. The molecule has 0 aromatic heterocycles. The Morgan fingerprint density at radius 3 is 2.56 bits per heavy atom. The number of anilines is 1. The van der Waals surface area contributed by atoms with E-state index in [4.69, 9.17) is 0 Å². The van der Waals surface area contributed by atoms with E-state index in [0.29, 0.717) is 6.54 Å². The molecule has 1 aliphatic rings. The summed E-state index contributed by atoms with van der Waals surface area (Å²) in [7, 11) is 0. The van der Waals surface area contributed by atoms with E-state index in [1.54, 1.807) is 0 Å². The minimum Gasteiger partial charge on any atom is -0.352 e. The highest BCUT2D eigenvalue weighted by molar-refractivity contribution is 6.00. The van der Waals surface area contributed by atoms with Gasteiger partial charge in [0.15, 0.2) is 0 Å². The molecule has 1 unspecified atom stereocenters. The molecule has 1 atom stereocenters. The van der Waals surface area contributed by atoms with Crippen molar-refractivity contribution in [3.05, 3.63) is 65.2 Å². The third-order valence-corrected chi connectivity index (χ3v) is 4.57. The highest BCUT2D eigenvalue weighted by Gasteiger charge is 2.36. The minimum atomic E-state index is -4.48. The Balaban J connectivity index is 1.64. The van der Waals surface area contributed by atoms with Gasteiger partial charge in [-0.2, -0.15) is 13.2 Å². The SMILES string of the molecule is Cc1ccc(CNC(=O)C2CC(=O)N(c3cccc(C(F)(F)F)c3)C2)cc1. The molecular formula is C20H19F3N2O2. The van der Waals surface area contributed by atoms with E-state index in [9.17, 15) is 22.8 Å². The van der Waals surface area contributed by atoms with Crippen molar-refractivity contribution >= 4 is 17.5 Å². The topological polar surface area (TPSA) is 49.4 Å². The Morgan fingerprint density at radius 2 is 1.89 bits per heavy atom. The van der Waals surface area contributed by atoms with Crippen LogP contribution in [0.25, 0.3) is 0 Å². The lowest BCUT2D eigenvalue weighted by atomic mass is 10.1. The van der Waals surface area contributed by atoms with Gasteiger partial charge in [0.2, 0.25) is 11.8 Å². The molecule has 0 radical (unpaired) electrons. The molecule has 1 aliphatic heterocycles. The zero-order valence-corrected chi connectivity index (χ0v) is 14.7.